The van der Waals surface area contributed by atoms with Gasteiger partial charge in [-0.25, -0.2) is 0 Å². The summed E-state index contributed by atoms with van der Waals surface area (Å²) in [6, 6.07) is 6.08. The first kappa shape index (κ1) is 15.3. The highest BCUT2D eigenvalue weighted by atomic mass is 32.2. The van der Waals surface area contributed by atoms with Crippen molar-refractivity contribution in [1.82, 2.24) is 10.2 Å². The fourth-order valence-electron chi connectivity index (χ4n) is 2.52. The van der Waals surface area contributed by atoms with Crippen molar-refractivity contribution in [2.75, 3.05) is 18.2 Å². The van der Waals surface area contributed by atoms with Crippen LogP contribution in [0.4, 0.5) is 5.13 Å². The van der Waals surface area contributed by atoms with E-state index in [-0.39, 0.29) is 12.5 Å². The number of anilines is 1. The quantitative estimate of drug-likeness (QED) is 0.672. The van der Waals surface area contributed by atoms with Crippen molar-refractivity contribution in [1.29, 1.82) is 0 Å². The molecule has 0 saturated carbocycles. The maximum absolute atomic E-state index is 11.9. The molecule has 1 aromatic heterocycles. The molecule has 3 rings (SSSR count). The number of carbonyl (C=O) groups excluding carboxylic acids is 1. The van der Waals surface area contributed by atoms with Gasteiger partial charge in [-0.05, 0) is 49.1 Å². The van der Waals surface area contributed by atoms with Gasteiger partial charge in [0.2, 0.25) is 5.13 Å². The van der Waals surface area contributed by atoms with Crippen molar-refractivity contribution in [2.45, 2.75) is 30.0 Å². The first-order valence-electron chi connectivity index (χ1n) is 7.17. The third kappa shape index (κ3) is 3.59. The summed E-state index contributed by atoms with van der Waals surface area (Å²) in [5.74, 6) is 0.617. The van der Waals surface area contributed by atoms with Crippen molar-refractivity contribution >= 4 is 34.1 Å². The number of thioether (sulfide) groups is 1. The lowest BCUT2D eigenvalue weighted by atomic mass is 9.91. The predicted octanol–water partition coefficient (Wildman–Crippen LogP) is 3.16. The molecule has 5 nitrogen and oxygen atoms in total. The van der Waals surface area contributed by atoms with Gasteiger partial charge in [0.25, 0.3) is 5.91 Å². The number of ether oxygens (including phenoxy) is 1. The zero-order chi connectivity index (χ0) is 15.4. The minimum Gasteiger partial charge on any atom is -0.483 e. The van der Waals surface area contributed by atoms with Crippen molar-refractivity contribution in [3.05, 3.63) is 29.3 Å². The summed E-state index contributed by atoms with van der Waals surface area (Å²) in [6.07, 6.45) is 6.46. The van der Waals surface area contributed by atoms with Crippen LogP contribution in [-0.4, -0.2) is 29.0 Å². The molecule has 0 bridgehead atoms. The average Bonchev–Trinajstić information content (AvgIpc) is 3.00. The van der Waals surface area contributed by atoms with E-state index in [1.54, 1.807) is 0 Å². The van der Waals surface area contributed by atoms with Gasteiger partial charge in [-0.3, -0.25) is 10.1 Å². The molecule has 0 unspecified atom stereocenters. The van der Waals surface area contributed by atoms with Gasteiger partial charge in [0.05, 0.1) is 0 Å². The van der Waals surface area contributed by atoms with E-state index in [0.717, 1.165) is 22.9 Å². The number of hydrogen-bond acceptors (Lipinski definition) is 6. The van der Waals surface area contributed by atoms with E-state index in [4.69, 9.17) is 4.74 Å². The zero-order valence-electron chi connectivity index (χ0n) is 12.3. The average molecular weight is 335 g/mol. The van der Waals surface area contributed by atoms with Crippen molar-refractivity contribution in [3.63, 3.8) is 0 Å². The summed E-state index contributed by atoms with van der Waals surface area (Å²) in [6.45, 7) is -0.00929. The van der Waals surface area contributed by atoms with Crippen LogP contribution in [-0.2, 0) is 17.6 Å². The molecule has 0 spiro atoms. The van der Waals surface area contributed by atoms with E-state index in [1.807, 2.05) is 18.4 Å². The second-order valence-corrected chi connectivity index (χ2v) is 7.05. The highest BCUT2D eigenvalue weighted by Gasteiger charge is 2.15. The van der Waals surface area contributed by atoms with E-state index < -0.39 is 0 Å². The van der Waals surface area contributed by atoms with Gasteiger partial charge in [0.15, 0.2) is 10.9 Å². The molecule has 1 aliphatic carbocycles. The molecule has 0 radical (unpaired) electrons. The zero-order valence-corrected chi connectivity index (χ0v) is 13.9. The van der Waals surface area contributed by atoms with Crippen LogP contribution in [0.3, 0.4) is 0 Å². The monoisotopic (exact) mass is 335 g/mol. The molecule has 22 heavy (non-hydrogen) atoms. The number of nitrogens with zero attached hydrogens (tertiary/aromatic N) is 2. The summed E-state index contributed by atoms with van der Waals surface area (Å²) in [5.41, 5.74) is 2.60. The SMILES string of the molecule is CSc1nnc(NC(=O)COc2cccc3c2CCCC3)s1. The van der Waals surface area contributed by atoms with Crippen LogP contribution >= 0.6 is 23.1 Å². The molecule has 2 aromatic rings. The van der Waals surface area contributed by atoms with Crippen LogP contribution in [0.5, 0.6) is 5.75 Å². The Morgan fingerprint density at radius 2 is 2.23 bits per heavy atom. The van der Waals surface area contributed by atoms with Gasteiger partial charge >= 0.3 is 0 Å². The standard InChI is InChI=1S/C15H17N3O2S2/c1-21-15-18-17-14(22-15)16-13(19)9-20-12-8-4-6-10-5-2-3-7-11(10)12/h4,6,8H,2-3,5,7,9H2,1H3,(H,16,17,19). The number of amides is 1. The number of aromatic nitrogens is 2. The first-order valence-corrected chi connectivity index (χ1v) is 9.21. The molecular weight excluding hydrogens is 318 g/mol. The lowest BCUT2D eigenvalue weighted by molar-refractivity contribution is -0.118. The molecule has 116 valence electrons. The Bertz CT molecular complexity index is 673. The lowest BCUT2D eigenvalue weighted by Crippen LogP contribution is -2.20. The molecule has 1 N–H and O–H groups in total. The fraction of sp³-hybridized carbons (Fsp3) is 0.400. The second kappa shape index (κ2) is 7.11. The van der Waals surface area contributed by atoms with E-state index in [2.05, 4.69) is 21.6 Å². The van der Waals surface area contributed by atoms with Gasteiger partial charge in [-0.15, -0.1) is 10.2 Å². The van der Waals surface area contributed by atoms with Crippen molar-refractivity contribution < 1.29 is 9.53 Å². The number of carbonyl (C=O) groups is 1. The Balaban J connectivity index is 1.59. The van der Waals surface area contributed by atoms with Crippen LogP contribution in [0.2, 0.25) is 0 Å². The summed E-state index contributed by atoms with van der Waals surface area (Å²) in [7, 11) is 0. The maximum Gasteiger partial charge on any atom is 0.264 e. The summed E-state index contributed by atoms with van der Waals surface area (Å²) in [5, 5.41) is 11.1. The molecule has 1 amide bonds. The van der Waals surface area contributed by atoms with Crippen LogP contribution in [0.15, 0.2) is 22.5 Å². The smallest absolute Gasteiger partial charge is 0.264 e. The number of fused-ring (bicyclic) bond motifs is 1. The minimum absolute atomic E-state index is 0.00929. The van der Waals surface area contributed by atoms with Gasteiger partial charge in [0.1, 0.15) is 5.75 Å². The van der Waals surface area contributed by atoms with Gasteiger partial charge in [-0.1, -0.05) is 35.2 Å². The number of aryl methyl sites for hydroxylation is 1. The number of nitrogens with one attached hydrogen (secondary N) is 1. The number of benzene rings is 1. The molecule has 1 aliphatic rings. The molecule has 1 aromatic carbocycles. The maximum atomic E-state index is 11.9. The summed E-state index contributed by atoms with van der Waals surface area (Å²) in [4.78, 5) is 11.9. The van der Waals surface area contributed by atoms with Crippen LogP contribution in [0.1, 0.15) is 24.0 Å². The van der Waals surface area contributed by atoms with Crippen LogP contribution < -0.4 is 10.1 Å². The molecule has 0 fully saturated rings. The molecular formula is C15H17N3O2S2. The third-order valence-corrected chi connectivity index (χ3v) is 5.35. The highest BCUT2D eigenvalue weighted by molar-refractivity contribution is 8.00. The molecule has 0 aliphatic heterocycles. The molecule has 7 heteroatoms. The van der Waals surface area contributed by atoms with E-state index in [9.17, 15) is 4.79 Å². The van der Waals surface area contributed by atoms with Gasteiger partial charge in [0, 0.05) is 0 Å². The number of hydrogen-bond donors (Lipinski definition) is 1. The Morgan fingerprint density at radius 3 is 3.05 bits per heavy atom. The topological polar surface area (TPSA) is 64.1 Å². The summed E-state index contributed by atoms with van der Waals surface area (Å²) >= 11 is 2.86. The Kier molecular flexibility index (Phi) is 4.94. The van der Waals surface area contributed by atoms with E-state index in [1.165, 1.54) is 47.1 Å². The van der Waals surface area contributed by atoms with Gasteiger partial charge < -0.3 is 4.74 Å². The van der Waals surface area contributed by atoms with Crippen molar-refractivity contribution in [2.24, 2.45) is 0 Å². The minimum atomic E-state index is -0.211. The van der Waals surface area contributed by atoms with Crippen LogP contribution in [0, 0.1) is 0 Å². The molecule has 1 heterocycles. The molecule has 0 saturated heterocycles. The fourth-order valence-corrected chi connectivity index (χ4v) is 3.71. The largest absolute Gasteiger partial charge is 0.483 e. The Labute approximate surface area is 137 Å². The van der Waals surface area contributed by atoms with Crippen LogP contribution in [0.25, 0.3) is 0 Å². The lowest BCUT2D eigenvalue weighted by Gasteiger charge is -2.19. The summed E-state index contributed by atoms with van der Waals surface area (Å²) < 4.78 is 6.54. The first-order chi connectivity index (χ1) is 10.8. The Hall–Kier alpha value is -1.60. The second-order valence-electron chi connectivity index (χ2n) is 5.02. The normalized spacial score (nSPS) is 13.5. The predicted molar refractivity (Wildman–Crippen MR) is 88.9 cm³/mol. The highest BCUT2D eigenvalue weighted by Crippen LogP contribution is 2.29. The van der Waals surface area contributed by atoms with Crippen molar-refractivity contribution in [3.8, 4) is 5.75 Å². The third-order valence-electron chi connectivity index (χ3n) is 3.54. The van der Waals surface area contributed by atoms with E-state index >= 15 is 0 Å². The molecule has 0 atom stereocenters. The Morgan fingerprint density at radius 1 is 1.36 bits per heavy atom. The van der Waals surface area contributed by atoms with E-state index in [0.29, 0.717) is 5.13 Å². The number of rotatable bonds is 5. The van der Waals surface area contributed by atoms with Gasteiger partial charge in [-0.2, -0.15) is 0 Å².